The van der Waals surface area contributed by atoms with Crippen LogP contribution in [0.3, 0.4) is 0 Å². The largest absolute Gasteiger partial charge is 2.00 e. The van der Waals surface area contributed by atoms with Crippen molar-refractivity contribution in [3.8, 4) is 56.0 Å². The number of fused-ring (bicyclic) bond motifs is 8. The Balaban J connectivity index is 0.00000427. The first-order chi connectivity index (χ1) is 26.4. The second-order valence-corrected chi connectivity index (χ2v) is 19.3. The van der Waals surface area contributed by atoms with Crippen molar-refractivity contribution in [3.63, 3.8) is 0 Å². The molecule has 258 valence electrons. The van der Waals surface area contributed by atoms with E-state index >= 15 is 0 Å². The van der Waals surface area contributed by atoms with Crippen molar-refractivity contribution >= 4 is 54.4 Å². The van der Waals surface area contributed by atoms with Gasteiger partial charge in [0.2, 0.25) is 0 Å². The number of hydrogen-bond acceptors (Lipinski definition) is 2. The van der Waals surface area contributed by atoms with Gasteiger partial charge in [-0.1, -0.05) is 159 Å². The van der Waals surface area contributed by atoms with Gasteiger partial charge in [0.15, 0.2) is 0 Å². The zero-order chi connectivity index (χ0) is 36.6. The summed E-state index contributed by atoms with van der Waals surface area (Å²) >= 11 is 0. The topological polar surface area (TPSA) is 54.0 Å². The standard InChI is InChI=1S/C49H36N4Si.Zn/c1-54(2,3)32-31-33-15-13-14-22-37(33)49-44-29-27-42(52-44)47(35-18-9-5-10-19-35)40-25-23-38(50-40)46(34-16-7-4-8-17-34)39-24-26-41(51-39)48(36-20-11-6-12-21-36)43-28-30-45(49)53-43;/h4-30H,1-3H3;/q-2;+2. The molecule has 0 atom stereocenters. The van der Waals surface area contributed by atoms with Gasteiger partial charge in [0.25, 0.3) is 0 Å². The predicted molar refractivity (Wildman–Crippen MR) is 229 cm³/mol. The van der Waals surface area contributed by atoms with Crippen LogP contribution in [-0.4, -0.2) is 18.0 Å². The van der Waals surface area contributed by atoms with Gasteiger partial charge in [-0.15, -0.1) is 27.6 Å². The SMILES string of the molecule is C[Si](C)(C)C#Cc1ccccc1-c1c2nc(c(-c3ccccc3)c3ccc([n-]3)c(-c3ccccc3)c3nc(c(-c4ccccc4)c4ccc1[n-]4)C=C3)C=C2.[Zn+2]. The molecule has 4 nitrogen and oxygen atoms in total. The Hall–Kier alpha value is -6.12. The van der Waals surface area contributed by atoms with E-state index in [2.05, 4.69) is 177 Å². The minimum Gasteiger partial charge on any atom is -0.657 e. The normalized spacial score (nSPS) is 11.8. The van der Waals surface area contributed by atoms with Crippen LogP contribution >= 0.6 is 0 Å². The molecule has 2 aliphatic heterocycles. The van der Waals surface area contributed by atoms with Gasteiger partial charge in [0, 0.05) is 5.56 Å². The molecule has 0 unspecified atom stereocenters. The van der Waals surface area contributed by atoms with Gasteiger partial charge in [-0.05, 0) is 74.9 Å². The second-order valence-electron chi connectivity index (χ2n) is 14.5. The van der Waals surface area contributed by atoms with Crippen LogP contribution in [0.2, 0.25) is 19.6 Å². The fraction of sp³-hybridized carbons (Fsp3) is 0.0612. The monoisotopic (exact) mass is 772 g/mol. The van der Waals surface area contributed by atoms with Crippen molar-refractivity contribution in [2.45, 2.75) is 19.6 Å². The predicted octanol–water partition coefficient (Wildman–Crippen LogP) is 11.8. The summed E-state index contributed by atoms with van der Waals surface area (Å²) in [6.07, 6.45) is 8.43. The zero-order valence-electron chi connectivity index (χ0n) is 31.1. The first-order valence-corrected chi connectivity index (χ1v) is 21.7. The fourth-order valence-corrected chi connectivity index (χ4v) is 7.64. The first kappa shape index (κ1) is 35.9. The van der Waals surface area contributed by atoms with E-state index < -0.39 is 8.07 Å². The molecule has 5 heterocycles. The molecule has 0 amide bonds. The van der Waals surface area contributed by atoms with E-state index in [4.69, 9.17) is 19.9 Å². The fourth-order valence-electron chi connectivity index (χ4n) is 7.13. The Bertz CT molecular complexity index is 2810. The molecule has 9 rings (SSSR count). The van der Waals surface area contributed by atoms with Crippen LogP contribution in [0.1, 0.15) is 28.3 Å². The summed E-state index contributed by atoms with van der Waals surface area (Å²) in [6.45, 7) is 6.81. The molecule has 7 aromatic rings. The van der Waals surface area contributed by atoms with E-state index in [-0.39, 0.29) is 19.5 Å². The van der Waals surface area contributed by atoms with Crippen LogP contribution in [0.15, 0.2) is 140 Å². The summed E-state index contributed by atoms with van der Waals surface area (Å²) in [6, 6.07) is 48.1. The molecule has 3 aromatic heterocycles. The molecule has 0 N–H and O–H groups in total. The van der Waals surface area contributed by atoms with Gasteiger partial charge >= 0.3 is 19.5 Å². The molecule has 0 spiro atoms. The first-order valence-electron chi connectivity index (χ1n) is 18.2. The Morgan fingerprint density at radius 2 is 0.764 bits per heavy atom. The van der Waals surface area contributed by atoms with Crippen LogP contribution in [0.5, 0.6) is 0 Å². The third-order valence-corrected chi connectivity index (χ3v) is 10.4. The van der Waals surface area contributed by atoms with E-state index in [0.29, 0.717) is 0 Å². The molecular weight excluding hydrogens is 738 g/mol. The zero-order valence-corrected chi connectivity index (χ0v) is 35.1. The van der Waals surface area contributed by atoms with Crippen molar-refractivity contribution in [1.82, 2.24) is 19.9 Å². The van der Waals surface area contributed by atoms with Crippen molar-refractivity contribution in [1.29, 1.82) is 0 Å². The van der Waals surface area contributed by atoms with Crippen LogP contribution in [0.25, 0.3) is 90.9 Å². The molecule has 0 saturated heterocycles. The van der Waals surface area contributed by atoms with Gasteiger partial charge in [-0.3, -0.25) is 0 Å². The molecule has 4 aromatic carbocycles. The molecule has 55 heavy (non-hydrogen) atoms. The number of aromatic nitrogens is 4. The Morgan fingerprint density at radius 3 is 1.16 bits per heavy atom. The van der Waals surface area contributed by atoms with Crippen LogP contribution in [0, 0.1) is 11.5 Å². The molecule has 0 aliphatic carbocycles. The summed E-state index contributed by atoms with van der Waals surface area (Å²) in [5.41, 5.74) is 19.3. The van der Waals surface area contributed by atoms with Crippen molar-refractivity contribution in [2.75, 3.05) is 0 Å². The molecule has 0 saturated carbocycles. The average Bonchev–Trinajstić information content (AvgIpc) is 4.03. The summed E-state index contributed by atoms with van der Waals surface area (Å²) in [5, 5.41) is 0. The van der Waals surface area contributed by atoms with Gasteiger partial charge in [-0.25, -0.2) is 9.97 Å². The van der Waals surface area contributed by atoms with E-state index in [1.165, 1.54) is 0 Å². The molecule has 6 heteroatoms. The van der Waals surface area contributed by atoms with Crippen molar-refractivity contribution < 1.29 is 19.5 Å². The average molecular weight is 774 g/mol. The minimum atomic E-state index is -1.67. The summed E-state index contributed by atoms with van der Waals surface area (Å²) < 4.78 is 0. The van der Waals surface area contributed by atoms with Crippen LogP contribution in [-0.2, 0) is 19.5 Å². The number of rotatable bonds is 4. The summed E-state index contributed by atoms with van der Waals surface area (Å²) in [5.74, 6) is 3.56. The molecule has 2 aliphatic rings. The van der Waals surface area contributed by atoms with Crippen LogP contribution in [0.4, 0.5) is 0 Å². The molecule has 0 radical (unpaired) electrons. The third-order valence-electron chi connectivity index (χ3n) is 9.56. The second kappa shape index (κ2) is 15.0. The maximum atomic E-state index is 5.42. The quantitative estimate of drug-likeness (QED) is 0.132. The van der Waals surface area contributed by atoms with Crippen LogP contribution < -0.4 is 9.97 Å². The molecule has 0 fully saturated rings. The molecular formula is C49H36N4SiZn. The van der Waals surface area contributed by atoms with Crippen molar-refractivity contribution in [3.05, 3.63) is 168 Å². The maximum Gasteiger partial charge on any atom is 2.00 e. The van der Waals surface area contributed by atoms with E-state index in [1.54, 1.807) is 0 Å². The third kappa shape index (κ3) is 7.13. The molecule has 8 bridgehead atoms. The Kier molecular flexibility index (Phi) is 9.76. The van der Waals surface area contributed by atoms with Crippen molar-refractivity contribution in [2.24, 2.45) is 0 Å². The maximum absolute atomic E-state index is 5.42. The van der Waals surface area contributed by atoms with E-state index in [9.17, 15) is 0 Å². The van der Waals surface area contributed by atoms with Gasteiger partial charge in [-0.2, -0.15) is 0 Å². The Morgan fingerprint density at radius 1 is 0.418 bits per heavy atom. The minimum absolute atomic E-state index is 0. The van der Waals surface area contributed by atoms with E-state index in [1.807, 2.05) is 18.2 Å². The Labute approximate surface area is 335 Å². The van der Waals surface area contributed by atoms with Gasteiger partial charge in [0.05, 0.1) is 22.8 Å². The number of hydrogen-bond donors (Lipinski definition) is 0. The number of benzene rings is 4. The summed E-state index contributed by atoms with van der Waals surface area (Å²) in [4.78, 5) is 21.5. The smallest absolute Gasteiger partial charge is 0.657 e. The summed E-state index contributed by atoms with van der Waals surface area (Å²) in [7, 11) is -1.67. The number of nitrogens with zero attached hydrogens (tertiary/aromatic N) is 4. The van der Waals surface area contributed by atoms with E-state index in [0.717, 1.165) is 94.9 Å². The van der Waals surface area contributed by atoms with Gasteiger partial charge in [0.1, 0.15) is 8.07 Å². The van der Waals surface area contributed by atoms with Gasteiger partial charge < -0.3 is 9.97 Å².